The van der Waals surface area contributed by atoms with Crippen LogP contribution in [0, 0.1) is 0 Å². The number of hydrazone groups is 1. The number of amides is 1. The highest BCUT2D eigenvalue weighted by atomic mass is 16.2. The predicted octanol–water partition coefficient (Wildman–Crippen LogP) is 1.33. The van der Waals surface area contributed by atoms with Crippen LogP contribution >= 0.6 is 0 Å². The third-order valence-corrected chi connectivity index (χ3v) is 1.70. The largest absolute Gasteiger partial charge is 0.274 e. The lowest BCUT2D eigenvalue weighted by Crippen LogP contribution is -2.16. The van der Waals surface area contributed by atoms with E-state index in [-0.39, 0.29) is 5.91 Å². The molecule has 1 rings (SSSR count). The minimum Gasteiger partial charge on any atom is -0.274 e. The molecule has 1 heterocycles. The lowest BCUT2D eigenvalue weighted by atomic mass is 10.1. The van der Waals surface area contributed by atoms with E-state index < -0.39 is 0 Å². The Morgan fingerprint density at radius 2 is 2.14 bits per heavy atom. The van der Waals surface area contributed by atoms with E-state index in [4.69, 9.17) is 0 Å². The number of pyridine rings is 1. The van der Waals surface area contributed by atoms with Crippen LogP contribution in [0.5, 0.6) is 0 Å². The van der Waals surface area contributed by atoms with Gasteiger partial charge in [0.05, 0.1) is 5.71 Å². The number of carbonyl (C=O) groups excluding carboxylic acids is 1. The Morgan fingerprint density at radius 1 is 1.50 bits per heavy atom. The molecule has 0 aliphatic rings. The molecule has 0 atom stereocenters. The van der Waals surface area contributed by atoms with Gasteiger partial charge in [-0.25, -0.2) is 5.43 Å². The Balaban J connectivity index is 2.82. The highest BCUT2D eigenvalue weighted by Crippen LogP contribution is 2.01. The molecule has 0 unspecified atom stereocenters. The van der Waals surface area contributed by atoms with E-state index in [2.05, 4.69) is 15.5 Å². The van der Waals surface area contributed by atoms with Gasteiger partial charge in [-0.2, -0.15) is 5.10 Å². The zero-order valence-electron chi connectivity index (χ0n) is 8.32. The number of aromatic nitrogens is 1. The van der Waals surface area contributed by atoms with Crippen molar-refractivity contribution in [2.75, 3.05) is 0 Å². The molecule has 1 aromatic rings. The maximum Gasteiger partial charge on any atom is 0.236 e. The minimum absolute atomic E-state index is 0.162. The van der Waals surface area contributed by atoms with Crippen LogP contribution in [-0.2, 0) is 4.79 Å². The Morgan fingerprint density at radius 3 is 2.64 bits per heavy atom. The molecule has 1 N–H and O–H groups in total. The smallest absolute Gasteiger partial charge is 0.236 e. The molecule has 0 fully saturated rings. The van der Waals surface area contributed by atoms with E-state index in [0.717, 1.165) is 17.7 Å². The van der Waals surface area contributed by atoms with Crippen molar-refractivity contribution in [1.82, 2.24) is 10.4 Å². The minimum atomic E-state index is -0.162. The standard InChI is InChI=1S/C10H13N3O/c1-3-10(13-12-8(2)14)9-4-6-11-7-5-9/h4-7H,3H2,1-2H3,(H,12,14). The molecule has 4 heteroatoms. The quantitative estimate of drug-likeness (QED) is 0.579. The molecule has 0 aliphatic heterocycles. The average Bonchev–Trinajstić information content (AvgIpc) is 2.20. The van der Waals surface area contributed by atoms with Gasteiger partial charge in [-0.05, 0) is 18.6 Å². The molecular weight excluding hydrogens is 178 g/mol. The molecule has 0 aromatic carbocycles. The van der Waals surface area contributed by atoms with Crippen molar-refractivity contribution in [2.24, 2.45) is 5.10 Å². The summed E-state index contributed by atoms with van der Waals surface area (Å²) in [6, 6.07) is 3.73. The number of hydrogen-bond donors (Lipinski definition) is 1. The van der Waals surface area contributed by atoms with Gasteiger partial charge in [0.1, 0.15) is 0 Å². The van der Waals surface area contributed by atoms with Crippen LogP contribution in [0.4, 0.5) is 0 Å². The fraction of sp³-hybridized carbons (Fsp3) is 0.300. The number of carbonyl (C=O) groups is 1. The van der Waals surface area contributed by atoms with E-state index in [1.54, 1.807) is 12.4 Å². The molecule has 4 nitrogen and oxygen atoms in total. The van der Waals surface area contributed by atoms with Gasteiger partial charge in [-0.1, -0.05) is 6.92 Å². The van der Waals surface area contributed by atoms with E-state index in [1.807, 2.05) is 19.1 Å². The van der Waals surface area contributed by atoms with Gasteiger partial charge in [0, 0.05) is 24.9 Å². The third kappa shape index (κ3) is 2.97. The molecule has 0 aliphatic carbocycles. The second-order valence-corrected chi connectivity index (χ2v) is 2.82. The monoisotopic (exact) mass is 191 g/mol. The zero-order chi connectivity index (χ0) is 10.4. The van der Waals surface area contributed by atoms with Crippen molar-refractivity contribution >= 4 is 11.6 Å². The van der Waals surface area contributed by atoms with Gasteiger partial charge in [0.2, 0.25) is 5.91 Å². The predicted molar refractivity (Wildman–Crippen MR) is 54.9 cm³/mol. The van der Waals surface area contributed by atoms with Crippen molar-refractivity contribution in [2.45, 2.75) is 20.3 Å². The van der Waals surface area contributed by atoms with Crippen LogP contribution in [0.2, 0.25) is 0 Å². The normalized spacial score (nSPS) is 11.1. The molecule has 74 valence electrons. The second-order valence-electron chi connectivity index (χ2n) is 2.82. The summed E-state index contributed by atoms with van der Waals surface area (Å²) in [5.74, 6) is -0.162. The van der Waals surface area contributed by atoms with Crippen molar-refractivity contribution in [1.29, 1.82) is 0 Å². The summed E-state index contributed by atoms with van der Waals surface area (Å²) in [6.45, 7) is 3.42. The Bertz CT molecular complexity index is 332. The fourth-order valence-corrected chi connectivity index (χ4v) is 1.04. The van der Waals surface area contributed by atoms with Gasteiger partial charge in [-0.15, -0.1) is 0 Å². The van der Waals surface area contributed by atoms with Crippen LogP contribution < -0.4 is 5.43 Å². The van der Waals surface area contributed by atoms with Crippen molar-refractivity contribution < 1.29 is 4.79 Å². The number of hydrogen-bond acceptors (Lipinski definition) is 3. The summed E-state index contributed by atoms with van der Waals surface area (Å²) >= 11 is 0. The van der Waals surface area contributed by atoms with E-state index in [0.29, 0.717) is 0 Å². The lowest BCUT2D eigenvalue weighted by molar-refractivity contribution is -0.118. The Kier molecular flexibility index (Phi) is 3.79. The summed E-state index contributed by atoms with van der Waals surface area (Å²) < 4.78 is 0. The third-order valence-electron chi connectivity index (χ3n) is 1.70. The van der Waals surface area contributed by atoms with Crippen molar-refractivity contribution in [3.63, 3.8) is 0 Å². The molecule has 0 spiro atoms. The molecule has 0 bridgehead atoms. The maximum atomic E-state index is 10.7. The number of nitrogens with zero attached hydrogens (tertiary/aromatic N) is 2. The first-order chi connectivity index (χ1) is 6.74. The van der Waals surface area contributed by atoms with E-state index >= 15 is 0 Å². The van der Waals surface area contributed by atoms with Crippen LogP contribution in [0.1, 0.15) is 25.8 Å². The highest BCUT2D eigenvalue weighted by molar-refractivity contribution is 6.00. The van der Waals surface area contributed by atoms with Crippen molar-refractivity contribution in [3.8, 4) is 0 Å². The highest BCUT2D eigenvalue weighted by Gasteiger charge is 2.00. The zero-order valence-corrected chi connectivity index (χ0v) is 8.32. The molecule has 1 amide bonds. The maximum absolute atomic E-state index is 10.7. The average molecular weight is 191 g/mol. The SMILES string of the molecule is CCC(=NNC(C)=O)c1ccncc1. The van der Waals surface area contributed by atoms with E-state index in [1.165, 1.54) is 6.92 Å². The summed E-state index contributed by atoms with van der Waals surface area (Å²) in [7, 11) is 0. The molecule has 0 saturated carbocycles. The lowest BCUT2D eigenvalue weighted by Gasteiger charge is -2.02. The van der Waals surface area contributed by atoms with Crippen LogP contribution in [0.15, 0.2) is 29.6 Å². The number of nitrogens with one attached hydrogen (secondary N) is 1. The van der Waals surface area contributed by atoms with Gasteiger partial charge >= 0.3 is 0 Å². The first-order valence-corrected chi connectivity index (χ1v) is 4.47. The molecule has 0 saturated heterocycles. The first kappa shape index (κ1) is 10.4. The molecule has 1 aromatic heterocycles. The molecule has 0 radical (unpaired) electrons. The molecule has 14 heavy (non-hydrogen) atoms. The van der Waals surface area contributed by atoms with Gasteiger partial charge in [0.25, 0.3) is 0 Å². The summed E-state index contributed by atoms with van der Waals surface area (Å²) in [6.07, 6.45) is 4.17. The Hall–Kier alpha value is -1.71. The fourth-order valence-electron chi connectivity index (χ4n) is 1.04. The molecular formula is C10H13N3O. The summed E-state index contributed by atoms with van der Waals surface area (Å²) in [5, 5.41) is 4.00. The van der Waals surface area contributed by atoms with Crippen LogP contribution in [-0.4, -0.2) is 16.6 Å². The topological polar surface area (TPSA) is 54.4 Å². The van der Waals surface area contributed by atoms with Gasteiger partial charge in [-0.3, -0.25) is 9.78 Å². The summed E-state index contributed by atoms with van der Waals surface area (Å²) in [5.41, 5.74) is 4.26. The van der Waals surface area contributed by atoms with Gasteiger partial charge in [0.15, 0.2) is 0 Å². The van der Waals surface area contributed by atoms with E-state index in [9.17, 15) is 4.79 Å². The number of rotatable bonds is 3. The summed E-state index contributed by atoms with van der Waals surface area (Å²) in [4.78, 5) is 14.6. The first-order valence-electron chi connectivity index (χ1n) is 4.47. The van der Waals surface area contributed by atoms with Crippen molar-refractivity contribution in [3.05, 3.63) is 30.1 Å². The van der Waals surface area contributed by atoms with Crippen LogP contribution in [0.3, 0.4) is 0 Å². The second kappa shape index (κ2) is 5.11. The van der Waals surface area contributed by atoms with Crippen LogP contribution in [0.25, 0.3) is 0 Å². The Labute approximate surface area is 83.1 Å². The van der Waals surface area contributed by atoms with Gasteiger partial charge < -0.3 is 0 Å².